The molecule has 0 spiro atoms. The third-order valence-electron chi connectivity index (χ3n) is 5.62. The van der Waals surface area contributed by atoms with E-state index in [0.29, 0.717) is 24.2 Å². The van der Waals surface area contributed by atoms with E-state index in [1.54, 1.807) is 17.4 Å². The minimum atomic E-state index is -0.809. The molecule has 3 aromatic carbocycles. The third kappa shape index (κ3) is 3.84. The van der Waals surface area contributed by atoms with E-state index in [2.05, 4.69) is 10.3 Å². The Morgan fingerprint density at radius 2 is 1.84 bits per heavy atom. The van der Waals surface area contributed by atoms with Gasteiger partial charge in [0.05, 0.1) is 21.7 Å². The Bertz CT molecular complexity index is 1260. The van der Waals surface area contributed by atoms with Crippen molar-refractivity contribution < 1.29 is 19.4 Å². The summed E-state index contributed by atoms with van der Waals surface area (Å²) >= 11 is 1.57. The molecule has 6 nitrogen and oxygen atoms in total. The van der Waals surface area contributed by atoms with E-state index >= 15 is 0 Å². The lowest BCUT2D eigenvalue weighted by Crippen LogP contribution is -2.46. The second kappa shape index (κ2) is 8.00. The first-order valence-electron chi connectivity index (χ1n) is 10.1. The van der Waals surface area contributed by atoms with Crippen LogP contribution >= 0.6 is 11.3 Å². The van der Waals surface area contributed by atoms with Crippen molar-refractivity contribution in [3.63, 3.8) is 0 Å². The lowest BCUT2D eigenvalue weighted by atomic mass is 9.80. The molecule has 0 atom stereocenters. The predicted octanol–water partition coefficient (Wildman–Crippen LogP) is 4.62. The molecule has 0 saturated heterocycles. The number of nitrogens with zero attached hydrogens (tertiary/aromatic N) is 1. The van der Waals surface area contributed by atoms with E-state index in [0.717, 1.165) is 26.0 Å². The van der Waals surface area contributed by atoms with Gasteiger partial charge in [0, 0.05) is 11.4 Å². The minimum Gasteiger partial charge on any atom is -0.485 e. The molecule has 1 aliphatic rings. The normalized spacial score (nSPS) is 17.9. The largest absolute Gasteiger partial charge is 0.485 e. The maximum absolute atomic E-state index is 13.0. The standard InChI is InChI=1S/C24H20N2O4S/c27-23(25-16-11-15(12-16)24(28)29)18-10-9-14-5-1-2-6-17(14)22(18)30-13-21-26-19-7-3-4-8-20(19)31-21/h1-10,15-16H,11-13H2,(H,25,27)(H,28,29). The molecule has 1 amide bonds. The van der Waals surface area contributed by atoms with Crippen molar-refractivity contribution in [3.8, 4) is 5.75 Å². The number of para-hydroxylation sites is 1. The predicted molar refractivity (Wildman–Crippen MR) is 120 cm³/mol. The van der Waals surface area contributed by atoms with Gasteiger partial charge in [-0.1, -0.05) is 42.5 Å². The molecule has 1 fully saturated rings. The maximum Gasteiger partial charge on any atom is 0.306 e. The summed E-state index contributed by atoms with van der Waals surface area (Å²) in [6.07, 6.45) is 0.910. The molecule has 4 aromatic rings. The van der Waals surface area contributed by atoms with Gasteiger partial charge in [0.15, 0.2) is 0 Å². The smallest absolute Gasteiger partial charge is 0.306 e. The summed E-state index contributed by atoms with van der Waals surface area (Å²) in [5.74, 6) is -0.921. The molecule has 1 heterocycles. The number of carbonyl (C=O) groups is 2. The summed E-state index contributed by atoms with van der Waals surface area (Å²) in [7, 11) is 0. The van der Waals surface area contributed by atoms with Crippen LogP contribution in [0.3, 0.4) is 0 Å². The Morgan fingerprint density at radius 1 is 1.06 bits per heavy atom. The van der Waals surface area contributed by atoms with Crippen LogP contribution in [0, 0.1) is 5.92 Å². The summed E-state index contributed by atoms with van der Waals surface area (Å²) in [6, 6.07) is 19.2. The lowest BCUT2D eigenvalue weighted by Gasteiger charge is -2.33. The minimum absolute atomic E-state index is 0.128. The van der Waals surface area contributed by atoms with Gasteiger partial charge in [-0.2, -0.15) is 0 Å². The number of carboxylic acid groups (broad SMARTS) is 1. The lowest BCUT2D eigenvalue weighted by molar-refractivity contribution is -0.145. The van der Waals surface area contributed by atoms with E-state index in [9.17, 15) is 9.59 Å². The number of nitrogens with one attached hydrogen (secondary N) is 1. The zero-order chi connectivity index (χ0) is 21.4. The number of rotatable bonds is 6. The molecule has 5 rings (SSSR count). The molecule has 156 valence electrons. The van der Waals surface area contributed by atoms with Gasteiger partial charge in [0.25, 0.3) is 5.91 Å². The monoisotopic (exact) mass is 432 g/mol. The average molecular weight is 433 g/mol. The van der Waals surface area contributed by atoms with E-state index < -0.39 is 5.97 Å². The van der Waals surface area contributed by atoms with Crippen LogP contribution in [0.25, 0.3) is 21.0 Å². The number of carbonyl (C=O) groups excluding carboxylic acids is 1. The Hall–Kier alpha value is -3.45. The molecule has 0 bridgehead atoms. The van der Waals surface area contributed by atoms with E-state index in [-0.39, 0.29) is 24.5 Å². The zero-order valence-corrected chi connectivity index (χ0v) is 17.4. The van der Waals surface area contributed by atoms with Crippen LogP contribution in [0.1, 0.15) is 28.2 Å². The number of amides is 1. The highest BCUT2D eigenvalue weighted by Crippen LogP contribution is 2.33. The van der Waals surface area contributed by atoms with Gasteiger partial charge < -0.3 is 15.2 Å². The van der Waals surface area contributed by atoms with E-state index in [1.165, 1.54) is 0 Å². The fraction of sp³-hybridized carbons (Fsp3) is 0.208. The van der Waals surface area contributed by atoms with Crippen molar-refractivity contribution >= 4 is 44.2 Å². The van der Waals surface area contributed by atoms with Crippen molar-refractivity contribution in [3.05, 3.63) is 71.2 Å². The Kier molecular flexibility index (Phi) is 5.03. The number of ether oxygens (including phenoxy) is 1. The Balaban J connectivity index is 1.41. The molecule has 1 aromatic heterocycles. The highest BCUT2D eigenvalue weighted by Gasteiger charge is 2.35. The second-order valence-corrected chi connectivity index (χ2v) is 8.82. The first-order chi connectivity index (χ1) is 15.1. The van der Waals surface area contributed by atoms with Gasteiger partial charge in [-0.25, -0.2) is 4.98 Å². The van der Waals surface area contributed by atoms with Crippen LogP contribution in [0.5, 0.6) is 5.75 Å². The van der Waals surface area contributed by atoms with Crippen molar-refractivity contribution in [2.45, 2.75) is 25.5 Å². The highest BCUT2D eigenvalue weighted by molar-refractivity contribution is 7.18. The van der Waals surface area contributed by atoms with Gasteiger partial charge in [0.2, 0.25) is 0 Å². The topological polar surface area (TPSA) is 88.5 Å². The summed E-state index contributed by atoms with van der Waals surface area (Å²) < 4.78 is 7.27. The molecule has 0 aliphatic heterocycles. The van der Waals surface area contributed by atoms with Crippen molar-refractivity contribution in [2.24, 2.45) is 5.92 Å². The SMILES string of the molecule is O=C(NC1CC(C(=O)O)C1)c1ccc2ccccc2c1OCc1nc2ccccc2s1. The van der Waals surface area contributed by atoms with E-state index in [1.807, 2.05) is 54.6 Å². The van der Waals surface area contributed by atoms with Crippen molar-refractivity contribution in [1.82, 2.24) is 10.3 Å². The van der Waals surface area contributed by atoms with Crippen LogP contribution in [0.2, 0.25) is 0 Å². The number of benzene rings is 3. The second-order valence-electron chi connectivity index (χ2n) is 7.70. The van der Waals surface area contributed by atoms with Crippen LogP contribution in [-0.4, -0.2) is 28.0 Å². The van der Waals surface area contributed by atoms with Gasteiger partial charge >= 0.3 is 5.97 Å². The molecule has 1 aliphatic carbocycles. The van der Waals surface area contributed by atoms with Crippen LogP contribution < -0.4 is 10.1 Å². The van der Waals surface area contributed by atoms with Crippen LogP contribution in [0.15, 0.2) is 60.7 Å². The average Bonchev–Trinajstić information content (AvgIpc) is 3.16. The molecular weight excluding hydrogens is 412 g/mol. The van der Waals surface area contributed by atoms with Crippen LogP contribution in [0.4, 0.5) is 0 Å². The first kappa shape index (κ1) is 19.5. The number of hydrogen-bond donors (Lipinski definition) is 2. The summed E-state index contributed by atoms with van der Waals surface area (Å²) in [5.41, 5.74) is 1.37. The quantitative estimate of drug-likeness (QED) is 0.464. The number of fused-ring (bicyclic) bond motifs is 2. The number of aromatic nitrogens is 1. The van der Waals surface area contributed by atoms with E-state index in [4.69, 9.17) is 9.84 Å². The van der Waals surface area contributed by atoms with Gasteiger partial charge in [-0.05, 0) is 36.4 Å². The highest BCUT2D eigenvalue weighted by atomic mass is 32.1. The molecule has 0 radical (unpaired) electrons. The van der Waals surface area contributed by atoms with Gasteiger partial charge in [-0.15, -0.1) is 11.3 Å². The Labute approximate surface area is 182 Å². The molecule has 1 saturated carbocycles. The fourth-order valence-electron chi connectivity index (χ4n) is 3.89. The summed E-state index contributed by atoms with van der Waals surface area (Å²) in [5, 5.41) is 14.7. The number of hydrogen-bond acceptors (Lipinski definition) is 5. The number of aliphatic carboxylic acids is 1. The molecule has 2 N–H and O–H groups in total. The first-order valence-corrected chi connectivity index (χ1v) is 10.9. The maximum atomic E-state index is 13.0. The van der Waals surface area contributed by atoms with Gasteiger partial charge in [0.1, 0.15) is 17.4 Å². The Morgan fingerprint density at radius 3 is 2.65 bits per heavy atom. The molecule has 0 unspecified atom stereocenters. The molecule has 7 heteroatoms. The fourth-order valence-corrected chi connectivity index (χ4v) is 4.77. The number of carboxylic acids is 1. The molecular formula is C24H20N2O4S. The molecule has 31 heavy (non-hydrogen) atoms. The van der Waals surface area contributed by atoms with Crippen LogP contribution in [-0.2, 0) is 11.4 Å². The van der Waals surface area contributed by atoms with Crippen molar-refractivity contribution in [1.29, 1.82) is 0 Å². The zero-order valence-electron chi connectivity index (χ0n) is 16.6. The third-order valence-corrected chi connectivity index (χ3v) is 6.63. The summed E-state index contributed by atoms with van der Waals surface area (Å²) in [4.78, 5) is 28.6. The van der Waals surface area contributed by atoms with Gasteiger partial charge in [-0.3, -0.25) is 9.59 Å². The summed E-state index contributed by atoms with van der Waals surface area (Å²) in [6.45, 7) is 0.262. The van der Waals surface area contributed by atoms with Crippen molar-refractivity contribution in [2.75, 3.05) is 0 Å². The number of thiazole rings is 1.